The number of para-hydroxylation sites is 1. The summed E-state index contributed by atoms with van der Waals surface area (Å²) >= 11 is 13.0. The minimum Gasteiger partial charge on any atom is -0.493 e. The number of esters is 1. The second-order valence-electron chi connectivity index (χ2n) is 12.0. The van der Waals surface area contributed by atoms with E-state index in [1.807, 2.05) is 42.5 Å². The average molecular weight is 692 g/mol. The van der Waals surface area contributed by atoms with Crippen LogP contribution in [-0.4, -0.2) is 56.9 Å². The molecule has 9 nitrogen and oxygen atoms in total. The molecule has 3 saturated heterocycles. The van der Waals surface area contributed by atoms with Crippen molar-refractivity contribution in [1.82, 2.24) is 4.90 Å². The number of aromatic amines is 1. The Bertz CT molecular complexity index is 1730. The van der Waals surface area contributed by atoms with E-state index in [1.54, 1.807) is 61.8 Å². The quantitative estimate of drug-likeness (QED) is 0.154. The normalized spacial score (nSPS) is 18.9. The molecule has 0 radical (unpaired) electrons. The Hall–Kier alpha value is -4.31. The Morgan fingerprint density at radius 2 is 1.65 bits per heavy atom. The number of hydrogen-bond donors (Lipinski definition) is 0. The summed E-state index contributed by atoms with van der Waals surface area (Å²) in [6.07, 6.45) is 4.23. The fourth-order valence-electron chi connectivity index (χ4n) is 6.42. The zero-order chi connectivity index (χ0) is 33.6. The molecule has 48 heavy (non-hydrogen) atoms. The highest BCUT2D eigenvalue weighted by Crippen LogP contribution is 2.36. The third kappa shape index (κ3) is 7.70. The molecule has 2 bridgehead atoms. The van der Waals surface area contributed by atoms with Gasteiger partial charge in [0.25, 0.3) is 0 Å². The summed E-state index contributed by atoms with van der Waals surface area (Å²) in [5.74, 6) is 0.863. The van der Waals surface area contributed by atoms with Gasteiger partial charge in [-0.2, -0.15) is 0 Å². The number of amides is 1. The lowest BCUT2D eigenvalue weighted by molar-refractivity contribution is -0.377. The maximum atomic E-state index is 13.8. The minimum atomic E-state index is -0.768. The van der Waals surface area contributed by atoms with Crippen molar-refractivity contribution in [3.63, 3.8) is 0 Å². The van der Waals surface area contributed by atoms with Crippen LogP contribution >= 0.6 is 23.2 Å². The van der Waals surface area contributed by atoms with Crippen LogP contribution < -0.4 is 19.4 Å². The smallest absolute Gasteiger partial charge is 0.414 e. The van der Waals surface area contributed by atoms with Crippen molar-refractivity contribution in [1.29, 1.82) is 0 Å². The number of pyridine rings is 1. The van der Waals surface area contributed by atoms with Gasteiger partial charge < -0.3 is 18.9 Å². The predicted molar refractivity (Wildman–Crippen MR) is 183 cm³/mol. The van der Waals surface area contributed by atoms with Gasteiger partial charge >= 0.3 is 12.1 Å². The number of benzene rings is 3. The highest BCUT2D eigenvalue weighted by molar-refractivity contribution is 6.35. The molecular formula is C37H38Cl2N3O6+. The number of anilines is 1. The van der Waals surface area contributed by atoms with E-state index < -0.39 is 18.2 Å². The lowest BCUT2D eigenvalue weighted by atomic mass is 9.86. The third-order valence-electron chi connectivity index (χ3n) is 9.05. The van der Waals surface area contributed by atoms with Gasteiger partial charge in [0.2, 0.25) is 0 Å². The highest BCUT2D eigenvalue weighted by atomic mass is 35.5. The van der Waals surface area contributed by atoms with Gasteiger partial charge in [-0.25, -0.2) is 14.6 Å². The van der Waals surface area contributed by atoms with Gasteiger partial charge in [-0.3, -0.25) is 9.80 Å². The predicted octanol–water partition coefficient (Wildman–Crippen LogP) is 7.20. The van der Waals surface area contributed by atoms with Crippen molar-refractivity contribution >= 4 is 41.0 Å². The molecule has 1 amide bonds. The fraction of sp³-hybridized carbons (Fsp3) is 0.324. The first kappa shape index (κ1) is 33.6. The van der Waals surface area contributed by atoms with Crippen LogP contribution in [0.5, 0.6) is 11.5 Å². The number of carbonyl (C=O) groups excluding carboxylic acids is 2. The van der Waals surface area contributed by atoms with Crippen LogP contribution in [0, 0.1) is 5.92 Å². The summed E-state index contributed by atoms with van der Waals surface area (Å²) < 4.78 is 23.2. The number of piperidine rings is 3. The van der Waals surface area contributed by atoms with E-state index in [4.69, 9.17) is 42.1 Å². The van der Waals surface area contributed by atoms with Crippen molar-refractivity contribution in [3.05, 3.63) is 117 Å². The maximum absolute atomic E-state index is 13.8. The summed E-state index contributed by atoms with van der Waals surface area (Å²) in [4.78, 5) is 34.4. The molecule has 3 aromatic carbocycles. The van der Waals surface area contributed by atoms with Crippen molar-refractivity contribution < 1.29 is 33.5 Å². The summed E-state index contributed by atoms with van der Waals surface area (Å²) in [6.45, 7) is 3.08. The van der Waals surface area contributed by atoms with Crippen LogP contribution in [0.25, 0.3) is 0 Å². The number of ether oxygens (including phenoxy) is 4. The number of fused-ring (bicyclic) bond motifs is 3. The van der Waals surface area contributed by atoms with Gasteiger partial charge in [0, 0.05) is 24.2 Å². The number of hydrogen-bond acceptors (Lipinski definition) is 7. The van der Waals surface area contributed by atoms with E-state index in [9.17, 15) is 9.59 Å². The molecule has 1 N–H and O–H groups in total. The largest absolute Gasteiger partial charge is 0.493 e. The van der Waals surface area contributed by atoms with Crippen molar-refractivity contribution in [3.8, 4) is 11.5 Å². The second-order valence-corrected chi connectivity index (χ2v) is 12.8. The first-order valence-corrected chi connectivity index (χ1v) is 16.7. The minimum absolute atomic E-state index is 0.134. The molecule has 3 aliphatic rings. The van der Waals surface area contributed by atoms with Crippen LogP contribution in [0.2, 0.25) is 10.0 Å². The van der Waals surface area contributed by atoms with Gasteiger partial charge in [-0.15, -0.1) is 0 Å². The van der Waals surface area contributed by atoms with Crippen molar-refractivity contribution in [2.24, 2.45) is 5.92 Å². The number of H-pyrrole nitrogens is 1. The molecular weight excluding hydrogens is 653 g/mol. The molecule has 2 atom stereocenters. The van der Waals surface area contributed by atoms with E-state index in [-0.39, 0.29) is 19.1 Å². The molecule has 4 aromatic rings. The second kappa shape index (κ2) is 15.3. The van der Waals surface area contributed by atoms with Crippen molar-refractivity contribution in [2.45, 2.75) is 38.0 Å². The number of carbonyl (C=O) groups is 2. The summed E-state index contributed by atoms with van der Waals surface area (Å²) in [5, 5.41) is 0.828. The maximum Gasteiger partial charge on any atom is 0.414 e. The first-order chi connectivity index (χ1) is 23.3. The Balaban J connectivity index is 1.24. The zero-order valence-corrected chi connectivity index (χ0v) is 28.4. The molecule has 0 aliphatic carbocycles. The number of nitrogens with zero attached hydrogens (tertiary/aromatic N) is 2. The lowest BCUT2D eigenvalue weighted by Gasteiger charge is -2.44. The van der Waals surface area contributed by atoms with E-state index in [0.29, 0.717) is 49.8 Å². The molecule has 4 heterocycles. The van der Waals surface area contributed by atoms with Crippen LogP contribution in [0.15, 0.2) is 85.2 Å². The molecule has 1 aromatic heterocycles. The van der Waals surface area contributed by atoms with Gasteiger partial charge in [-0.1, -0.05) is 59.6 Å². The molecule has 3 aliphatic heterocycles. The Morgan fingerprint density at radius 1 is 0.917 bits per heavy atom. The average Bonchev–Trinajstić information content (AvgIpc) is 3.12. The van der Waals surface area contributed by atoms with E-state index >= 15 is 0 Å². The van der Waals surface area contributed by atoms with Crippen LogP contribution in [-0.2, 0) is 22.4 Å². The molecule has 11 heteroatoms. The molecule has 0 spiro atoms. The van der Waals surface area contributed by atoms with Gasteiger partial charge in [0.1, 0.15) is 22.3 Å². The summed E-state index contributed by atoms with van der Waals surface area (Å²) in [6, 6.07) is 21.8. The Morgan fingerprint density at radius 3 is 2.31 bits per heavy atom. The molecule has 0 unspecified atom stereocenters. The van der Waals surface area contributed by atoms with Crippen LogP contribution in [0.1, 0.15) is 46.0 Å². The van der Waals surface area contributed by atoms with E-state index in [0.717, 1.165) is 38.0 Å². The molecule has 250 valence electrons. The lowest BCUT2D eigenvalue weighted by Crippen LogP contribution is -2.53. The monoisotopic (exact) mass is 690 g/mol. The fourth-order valence-corrected chi connectivity index (χ4v) is 6.95. The first-order valence-electron chi connectivity index (χ1n) is 15.9. The summed E-state index contributed by atoms with van der Waals surface area (Å²) in [5.41, 5.74) is 3.07. The standard InChI is InChI=1S/C37H37Cl2N3O6/c1-45-32-12-11-26(18-34(32)46-2)33(19-29-30(38)20-40-21-31(29)39)47-36(43)27-8-6-7-24(17-27)22-42(28-9-4-3-5-10-28)37(44)48-35-23-41-15-13-25(35)14-16-41/h3-12,17-18,20-21,25,33,35H,13-16,19,22-23H2,1-2H3/p+1/t33-,35-/m0/s1. The molecule has 3 fully saturated rings. The SMILES string of the molecule is COc1ccc([C@H](Cc2c(Cl)c[nH+]cc2Cl)OC(=O)c2cccc(CN(C(=O)O[C@H]3CN4CCC3CC4)c3ccccc3)c2)cc1OC. The highest BCUT2D eigenvalue weighted by Gasteiger charge is 2.37. The van der Waals surface area contributed by atoms with Crippen LogP contribution in [0.4, 0.5) is 10.5 Å². The third-order valence-corrected chi connectivity index (χ3v) is 9.73. The summed E-state index contributed by atoms with van der Waals surface area (Å²) in [7, 11) is 3.10. The number of aromatic nitrogens is 1. The topological polar surface area (TPSA) is 91.7 Å². The molecule has 0 saturated carbocycles. The van der Waals surface area contributed by atoms with Crippen molar-refractivity contribution in [2.75, 3.05) is 38.8 Å². The number of halogens is 2. The molecule has 7 rings (SSSR count). The van der Waals surface area contributed by atoms with E-state index in [1.165, 1.54) is 0 Å². The van der Waals surface area contributed by atoms with Gasteiger partial charge in [0.05, 0.1) is 26.3 Å². The number of rotatable bonds is 11. The number of nitrogens with one attached hydrogen (secondary N) is 1. The Labute approximate surface area is 290 Å². The number of methoxy groups -OCH3 is 2. The van der Waals surface area contributed by atoms with Crippen LogP contribution in [0.3, 0.4) is 0 Å². The van der Waals surface area contributed by atoms with E-state index in [2.05, 4.69) is 9.88 Å². The Kier molecular flexibility index (Phi) is 10.7. The zero-order valence-electron chi connectivity index (χ0n) is 26.9. The van der Waals surface area contributed by atoms with Gasteiger partial charge in [0.15, 0.2) is 23.9 Å². The van der Waals surface area contributed by atoms with Gasteiger partial charge in [-0.05, 0) is 79.4 Å².